The zero-order valence-electron chi connectivity index (χ0n) is 7.90. The number of hydrogen-bond donors (Lipinski definition) is 1. The largest absolute Gasteiger partial charge is 0.478 e. The van der Waals surface area contributed by atoms with Crippen molar-refractivity contribution in [3.63, 3.8) is 0 Å². The van der Waals surface area contributed by atoms with E-state index in [1.807, 2.05) is 13.0 Å². The molecule has 0 radical (unpaired) electrons. The molecule has 0 aliphatic carbocycles. The third-order valence-electron chi connectivity index (χ3n) is 2.14. The van der Waals surface area contributed by atoms with Gasteiger partial charge in [0.25, 0.3) is 0 Å². The summed E-state index contributed by atoms with van der Waals surface area (Å²) < 4.78 is 1.66. The second-order valence-electron chi connectivity index (χ2n) is 2.98. The summed E-state index contributed by atoms with van der Waals surface area (Å²) in [4.78, 5) is 11.1. The summed E-state index contributed by atoms with van der Waals surface area (Å²) in [6.45, 7) is 3.75. The van der Waals surface area contributed by atoms with Gasteiger partial charge in [-0.3, -0.25) is 0 Å². The van der Waals surface area contributed by atoms with Crippen molar-refractivity contribution in [1.82, 2.24) is 0 Å². The standard InChI is InChI=1S/C10H10Br2O2/c1-3-6-8(12)4-7(11)5(2)9(6)10(13)14/h4H,3H2,1-2H3,(H,13,14). The van der Waals surface area contributed by atoms with Gasteiger partial charge in [-0.1, -0.05) is 38.8 Å². The van der Waals surface area contributed by atoms with Gasteiger partial charge in [0, 0.05) is 8.95 Å². The second-order valence-corrected chi connectivity index (χ2v) is 4.69. The first kappa shape index (κ1) is 11.7. The fourth-order valence-electron chi connectivity index (χ4n) is 1.41. The highest BCUT2D eigenvalue weighted by atomic mass is 79.9. The Bertz CT molecular complexity index is 386. The van der Waals surface area contributed by atoms with Crippen molar-refractivity contribution in [1.29, 1.82) is 0 Å². The molecule has 0 saturated carbocycles. The highest BCUT2D eigenvalue weighted by Crippen LogP contribution is 2.30. The Morgan fingerprint density at radius 1 is 1.43 bits per heavy atom. The molecule has 1 aromatic rings. The van der Waals surface area contributed by atoms with Crippen molar-refractivity contribution in [2.75, 3.05) is 0 Å². The summed E-state index contributed by atoms with van der Waals surface area (Å²) in [5, 5.41) is 9.08. The molecule has 0 aliphatic heterocycles. The fourth-order valence-corrected chi connectivity index (χ4v) is 2.85. The van der Waals surface area contributed by atoms with Crippen molar-refractivity contribution in [2.24, 2.45) is 0 Å². The first-order chi connectivity index (χ1) is 6.49. The number of benzene rings is 1. The number of carbonyl (C=O) groups is 1. The van der Waals surface area contributed by atoms with E-state index in [4.69, 9.17) is 5.11 Å². The first-order valence-corrected chi connectivity index (χ1v) is 5.78. The molecule has 0 aromatic heterocycles. The minimum Gasteiger partial charge on any atom is -0.478 e. The van der Waals surface area contributed by atoms with E-state index in [0.29, 0.717) is 12.0 Å². The average Bonchev–Trinajstić information content (AvgIpc) is 2.10. The summed E-state index contributed by atoms with van der Waals surface area (Å²) in [6, 6.07) is 1.89. The van der Waals surface area contributed by atoms with Crippen LogP contribution in [0.15, 0.2) is 15.0 Å². The molecular formula is C10H10Br2O2. The molecule has 0 heterocycles. The van der Waals surface area contributed by atoms with Crippen LogP contribution in [-0.2, 0) is 6.42 Å². The van der Waals surface area contributed by atoms with Crippen LogP contribution in [0.2, 0.25) is 0 Å². The van der Waals surface area contributed by atoms with E-state index in [9.17, 15) is 4.79 Å². The summed E-state index contributed by atoms with van der Waals surface area (Å²) in [7, 11) is 0. The number of halogens is 2. The van der Waals surface area contributed by atoms with Gasteiger partial charge in [-0.2, -0.15) is 0 Å². The maximum Gasteiger partial charge on any atom is 0.336 e. The van der Waals surface area contributed by atoms with Gasteiger partial charge in [0.15, 0.2) is 0 Å². The van der Waals surface area contributed by atoms with E-state index in [2.05, 4.69) is 31.9 Å². The van der Waals surface area contributed by atoms with Crippen LogP contribution in [0.3, 0.4) is 0 Å². The maximum absolute atomic E-state index is 11.1. The maximum atomic E-state index is 11.1. The molecule has 0 aliphatic rings. The van der Waals surface area contributed by atoms with E-state index in [1.54, 1.807) is 6.92 Å². The monoisotopic (exact) mass is 320 g/mol. The second kappa shape index (κ2) is 4.45. The van der Waals surface area contributed by atoms with Crippen LogP contribution in [0.1, 0.15) is 28.4 Å². The molecular weight excluding hydrogens is 312 g/mol. The van der Waals surface area contributed by atoms with Crippen molar-refractivity contribution in [3.8, 4) is 0 Å². The molecule has 1 N–H and O–H groups in total. The Morgan fingerprint density at radius 2 is 2.00 bits per heavy atom. The SMILES string of the molecule is CCc1c(Br)cc(Br)c(C)c1C(=O)O. The topological polar surface area (TPSA) is 37.3 Å². The quantitative estimate of drug-likeness (QED) is 0.900. The molecule has 0 spiro atoms. The van der Waals surface area contributed by atoms with Crippen LogP contribution in [0, 0.1) is 6.92 Å². The molecule has 0 saturated heterocycles. The van der Waals surface area contributed by atoms with E-state index in [0.717, 1.165) is 20.1 Å². The van der Waals surface area contributed by atoms with Gasteiger partial charge in [-0.15, -0.1) is 0 Å². The smallest absolute Gasteiger partial charge is 0.336 e. The summed E-state index contributed by atoms with van der Waals surface area (Å²) in [5.74, 6) is -0.874. The molecule has 0 unspecified atom stereocenters. The number of hydrogen-bond acceptors (Lipinski definition) is 1. The minimum absolute atomic E-state index is 0.397. The number of rotatable bonds is 2. The third kappa shape index (κ3) is 2.01. The van der Waals surface area contributed by atoms with Gasteiger partial charge in [0.2, 0.25) is 0 Å². The molecule has 2 nitrogen and oxygen atoms in total. The summed E-state index contributed by atoms with van der Waals surface area (Å²) >= 11 is 6.70. The molecule has 1 aromatic carbocycles. The normalized spacial score (nSPS) is 10.3. The van der Waals surface area contributed by atoms with Gasteiger partial charge >= 0.3 is 5.97 Å². The van der Waals surface area contributed by atoms with Gasteiger partial charge in [-0.05, 0) is 30.5 Å². The third-order valence-corrected chi connectivity index (χ3v) is 3.68. The van der Waals surface area contributed by atoms with E-state index < -0.39 is 5.97 Å². The van der Waals surface area contributed by atoms with Crippen LogP contribution in [0.4, 0.5) is 0 Å². The van der Waals surface area contributed by atoms with Crippen LogP contribution < -0.4 is 0 Å². The van der Waals surface area contributed by atoms with Gasteiger partial charge in [-0.25, -0.2) is 4.79 Å². The Kier molecular flexibility index (Phi) is 3.72. The van der Waals surface area contributed by atoms with Crippen LogP contribution >= 0.6 is 31.9 Å². The van der Waals surface area contributed by atoms with E-state index in [1.165, 1.54) is 0 Å². The molecule has 76 valence electrons. The van der Waals surface area contributed by atoms with Crippen molar-refractivity contribution in [2.45, 2.75) is 20.3 Å². The molecule has 0 fully saturated rings. The molecule has 14 heavy (non-hydrogen) atoms. The highest BCUT2D eigenvalue weighted by molar-refractivity contribution is 9.11. The van der Waals surface area contributed by atoms with Crippen LogP contribution in [0.5, 0.6) is 0 Å². The lowest BCUT2D eigenvalue weighted by Crippen LogP contribution is -2.06. The summed E-state index contributed by atoms with van der Waals surface area (Å²) in [6.07, 6.45) is 0.705. The Balaban J connectivity index is 3.56. The average molecular weight is 322 g/mol. The zero-order chi connectivity index (χ0) is 10.9. The van der Waals surface area contributed by atoms with Crippen LogP contribution in [-0.4, -0.2) is 11.1 Å². The molecule has 0 bridgehead atoms. The zero-order valence-corrected chi connectivity index (χ0v) is 11.1. The van der Waals surface area contributed by atoms with Gasteiger partial charge < -0.3 is 5.11 Å². The molecule has 0 atom stereocenters. The molecule has 0 amide bonds. The Labute approximate surface area is 99.6 Å². The van der Waals surface area contributed by atoms with Gasteiger partial charge in [0.1, 0.15) is 0 Å². The Morgan fingerprint density at radius 3 is 2.43 bits per heavy atom. The molecule has 4 heteroatoms. The molecule has 1 rings (SSSR count). The summed E-state index contributed by atoms with van der Waals surface area (Å²) in [5.41, 5.74) is 2.02. The predicted molar refractivity (Wildman–Crippen MR) is 62.9 cm³/mol. The predicted octanol–water partition coefficient (Wildman–Crippen LogP) is 3.78. The van der Waals surface area contributed by atoms with Gasteiger partial charge in [0.05, 0.1) is 5.56 Å². The van der Waals surface area contributed by atoms with Crippen molar-refractivity contribution < 1.29 is 9.90 Å². The van der Waals surface area contributed by atoms with E-state index in [-0.39, 0.29) is 0 Å². The van der Waals surface area contributed by atoms with Crippen molar-refractivity contribution >= 4 is 37.8 Å². The Hall–Kier alpha value is -0.350. The number of carboxylic acid groups (broad SMARTS) is 1. The number of carboxylic acids is 1. The van der Waals surface area contributed by atoms with E-state index >= 15 is 0 Å². The highest BCUT2D eigenvalue weighted by Gasteiger charge is 2.17. The fraction of sp³-hybridized carbons (Fsp3) is 0.300. The lowest BCUT2D eigenvalue weighted by atomic mass is 10.0. The van der Waals surface area contributed by atoms with Crippen LogP contribution in [0.25, 0.3) is 0 Å². The van der Waals surface area contributed by atoms with Crippen molar-refractivity contribution in [3.05, 3.63) is 31.7 Å². The number of aromatic carboxylic acids is 1. The lowest BCUT2D eigenvalue weighted by Gasteiger charge is -2.11. The minimum atomic E-state index is -0.874. The lowest BCUT2D eigenvalue weighted by molar-refractivity contribution is 0.0695. The first-order valence-electron chi connectivity index (χ1n) is 4.19.